The molecule has 6 heteroatoms. The summed E-state index contributed by atoms with van der Waals surface area (Å²) >= 11 is 0. The van der Waals surface area contributed by atoms with E-state index in [0.29, 0.717) is 31.8 Å². The van der Waals surface area contributed by atoms with E-state index in [9.17, 15) is 9.59 Å². The van der Waals surface area contributed by atoms with E-state index in [2.05, 4.69) is 12.1 Å². The van der Waals surface area contributed by atoms with E-state index in [1.54, 1.807) is 4.90 Å². The van der Waals surface area contributed by atoms with Crippen molar-refractivity contribution in [2.45, 2.75) is 77.9 Å². The van der Waals surface area contributed by atoms with Crippen LogP contribution in [0.4, 0.5) is 4.79 Å². The van der Waals surface area contributed by atoms with Crippen LogP contribution in [-0.2, 0) is 14.4 Å². The maximum absolute atomic E-state index is 13.0. The van der Waals surface area contributed by atoms with Gasteiger partial charge in [-0.1, -0.05) is 12.1 Å². The Balaban J connectivity index is 1.73. The molecule has 1 amide bonds. The van der Waals surface area contributed by atoms with Crippen LogP contribution in [0.1, 0.15) is 66.2 Å². The minimum absolute atomic E-state index is 0.166. The maximum atomic E-state index is 13.0. The Labute approximate surface area is 149 Å². The predicted octanol–water partition coefficient (Wildman–Crippen LogP) is 3.54. The molecule has 1 aliphatic carbocycles. The first-order valence-corrected chi connectivity index (χ1v) is 9.47. The predicted molar refractivity (Wildman–Crippen MR) is 94.4 cm³/mol. The fourth-order valence-corrected chi connectivity index (χ4v) is 4.33. The summed E-state index contributed by atoms with van der Waals surface area (Å²) in [7, 11) is 0. The molecule has 2 fully saturated rings. The minimum Gasteiger partial charge on any atom is -0.444 e. The number of ether oxygens (including phenoxy) is 1. The van der Waals surface area contributed by atoms with Gasteiger partial charge in [0.25, 0.3) is 0 Å². The Morgan fingerprint density at radius 3 is 2.72 bits per heavy atom. The molecule has 2 heterocycles. The first-order valence-electron chi connectivity index (χ1n) is 9.47. The van der Waals surface area contributed by atoms with Gasteiger partial charge < -0.3 is 14.5 Å². The number of amides is 1. The summed E-state index contributed by atoms with van der Waals surface area (Å²) < 4.78 is 5.51. The first-order chi connectivity index (χ1) is 11.7. The molecule has 25 heavy (non-hydrogen) atoms. The molecule has 0 aromatic rings. The van der Waals surface area contributed by atoms with Gasteiger partial charge in [-0.25, -0.2) is 4.79 Å². The molecular weight excluding hydrogens is 320 g/mol. The third-order valence-electron chi connectivity index (χ3n) is 5.47. The second-order valence-corrected chi connectivity index (χ2v) is 8.75. The van der Waals surface area contributed by atoms with Gasteiger partial charge in [0, 0.05) is 19.5 Å². The number of oxime groups is 1. The van der Waals surface area contributed by atoms with Gasteiger partial charge >= 0.3 is 6.09 Å². The van der Waals surface area contributed by atoms with E-state index >= 15 is 0 Å². The summed E-state index contributed by atoms with van der Waals surface area (Å²) in [5, 5.41) is 4.30. The molecule has 1 saturated carbocycles. The Hall–Kier alpha value is -1.59. The fourth-order valence-electron chi connectivity index (χ4n) is 4.33. The van der Waals surface area contributed by atoms with E-state index < -0.39 is 11.0 Å². The van der Waals surface area contributed by atoms with Crippen molar-refractivity contribution in [1.82, 2.24) is 4.90 Å². The summed E-state index contributed by atoms with van der Waals surface area (Å²) in [4.78, 5) is 32.9. The second kappa shape index (κ2) is 6.61. The van der Waals surface area contributed by atoms with Gasteiger partial charge in [0.15, 0.2) is 0 Å². The molecule has 3 aliphatic rings. The monoisotopic (exact) mass is 350 g/mol. The largest absolute Gasteiger partial charge is 0.444 e. The number of rotatable bonds is 0. The van der Waals surface area contributed by atoms with Crippen LogP contribution >= 0.6 is 0 Å². The van der Waals surface area contributed by atoms with Crippen LogP contribution in [0.25, 0.3) is 0 Å². The number of carbonyl (C=O) groups is 2. The van der Waals surface area contributed by atoms with Crippen molar-refractivity contribution in [3.8, 4) is 0 Å². The third-order valence-corrected chi connectivity index (χ3v) is 5.47. The Bertz CT molecular complexity index is 580. The van der Waals surface area contributed by atoms with Crippen LogP contribution < -0.4 is 0 Å². The molecule has 0 radical (unpaired) electrons. The van der Waals surface area contributed by atoms with Crippen LogP contribution in [0.5, 0.6) is 0 Å². The Kier molecular flexibility index (Phi) is 4.82. The molecule has 0 aromatic heterocycles. The van der Waals surface area contributed by atoms with Crippen LogP contribution in [0, 0.1) is 11.3 Å². The van der Waals surface area contributed by atoms with Gasteiger partial charge in [-0.05, 0) is 58.8 Å². The highest BCUT2D eigenvalue weighted by molar-refractivity contribution is 6.12. The van der Waals surface area contributed by atoms with Crippen molar-refractivity contribution in [3.63, 3.8) is 0 Å². The maximum Gasteiger partial charge on any atom is 0.410 e. The van der Waals surface area contributed by atoms with E-state index in [4.69, 9.17) is 9.57 Å². The third kappa shape index (κ3) is 3.53. The number of hydrogen-bond donors (Lipinski definition) is 0. The molecule has 3 rings (SSSR count). The van der Waals surface area contributed by atoms with Gasteiger partial charge in [0.2, 0.25) is 0 Å². The molecule has 2 aliphatic heterocycles. The quantitative estimate of drug-likeness (QED) is 0.670. The fraction of sp³-hybridized carbons (Fsp3) is 0.842. The minimum atomic E-state index is -0.545. The number of hydrogen-bond acceptors (Lipinski definition) is 5. The van der Waals surface area contributed by atoms with Crippen molar-refractivity contribution in [2.75, 3.05) is 13.1 Å². The van der Waals surface area contributed by atoms with E-state index in [-0.39, 0.29) is 18.0 Å². The Morgan fingerprint density at radius 1 is 1.28 bits per heavy atom. The molecule has 1 spiro atoms. The van der Waals surface area contributed by atoms with Crippen molar-refractivity contribution >= 4 is 17.6 Å². The molecule has 140 valence electrons. The normalized spacial score (nSPS) is 33.2. The standard InChI is InChI=1S/C19H30N2O4/c1-13-11-14-19(15(22)12-13)8-6-10-21(17(23)24-18(2,3)4)9-5-7-16(19)25-20-14/h13,16H,5-12H2,1-4H3/t13?,16-,19?/m1/s1. The van der Waals surface area contributed by atoms with Crippen molar-refractivity contribution in [2.24, 2.45) is 16.5 Å². The molecule has 0 aromatic carbocycles. The average Bonchev–Trinajstić information content (AvgIpc) is 2.86. The summed E-state index contributed by atoms with van der Waals surface area (Å²) in [5.74, 6) is 0.614. The van der Waals surface area contributed by atoms with Crippen molar-refractivity contribution in [1.29, 1.82) is 0 Å². The summed E-state index contributed by atoms with van der Waals surface area (Å²) in [5.41, 5.74) is -0.105. The molecule has 0 N–H and O–H groups in total. The lowest BCUT2D eigenvalue weighted by atomic mass is 9.63. The zero-order valence-electron chi connectivity index (χ0n) is 15.8. The van der Waals surface area contributed by atoms with Crippen molar-refractivity contribution in [3.05, 3.63) is 0 Å². The van der Waals surface area contributed by atoms with Crippen molar-refractivity contribution < 1.29 is 19.2 Å². The molecular formula is C19H30N2O4. The smallest absolute Gasteiger partial charge is 0.410 e. The van der Waals surface area contributed by atoms with Crippen LogP contribution in [0.2, 0.25) is 0 Å². The number of carbonyl (C=O) groups excluding carboxylic acids is 2. The van der Waals surface area contributed by atoms with Gasteiger partial charge in [0.1, 0.15) is 22.9 Å². The van der Waals surface area contributed by atoms with E-state index in [0.717, 1.165) is 31.4 Å². The zero-order valence-corrected chi connectivity index (χ0v) is 15.8. The second-order valence-electron chi connectivity index (χ2n) is 8.75. The number of Topliss-reactive ketones (excluding diaryl/α,β-unsaturated/α-hetero) is 1. The lowest BCUT2D eigenvalue weighted by Crippen LogP contribution is -2.49. The topological polar surface area (TPSA) is 68.2 Å². The van der Waals surface area contributed by atoms with E-state index in [1.165, 1.54) is 0 Å². The van der Waals surface area contributed by atoms with Crippen LogP contribution in [0.3, 0.4) is 0 Å². The highest BCUT2D eigenvalue weighted by Crippen LogP contribution is 2.47. The lowest BCUT2D eigenvalue weighted by molar-refractivity contribution is -0.132. The van der Waals surface area contributed by atoms with Crippen LogP contribution in [-0.4, -0.2) is 47.3 Å². The molecule has 0 bridgehead atoms. The Morgan fingerprint density at radius 2 is 2.00 bits per heavy atom. The molecule has 6 nitrogen and oxygen atoms in total. The van der Waals surface area contributed by atoms with Gasteiger partial charge in [0.05, 0.1) is 5.71 Å². The number of ketones is 1. The summed E-state index contributed by atoms with van der Waals surface area (Å²) in [6, 6.07) is 0. The number of nitrogens with zero attached hydrogens (tertiary/aromatic N) is 2. The summed E-state index contributed by atoms with van der Waals surface area (Å²) in [6.07, 6.45) is 4.02. The highest BCUT2D eigenvalue weighted by Gasteiger charge is 2.56. The lowest BCUT2D eigenvalue weighted by Gasteiger charge is -2.37. The van der Waals surface area contributed by atoms with Gasteiger partial charge in [-0.3, -0.25) is 4.79 Å². The SMILES string of the molecule is CC1CC(=O)C23CCCN(C(=O)OC(C)(C)C)CCC[C@H]2ON=C3C1. The van der Waals surface area contributed by atoms with Gasteiger partial charge in [-0.2, -0.15) is 0 Å². The van der Waals surface area contributed by atoms with E-state index in [1.807, 2.05) is 20.8 Å². The molecule has 3 atom stereocenters. The first kappa shape index (κ1) is 18.2. The van der Waals surface area contributed by atoms with Crippen LogP contribution in [0.15, 0.2) is 5.16 Å². The molecule has 1 saturated heterocycles. The van der Waals surface area contributed by atoms with Gasteiger partial charge in [-0.15, -0.1) is 0 Å². The summed E-state index contributed by atoms with van der Waals surface area (Å²) in [6.45, 7) is 8.97. The highest BCUT2D eigenvalue weighted by atomic mass is 16.6. The average molecular weight is 350 g/mol. The zero-order chi connectivity index (χ0) is 18.2. The molecule has 2 unspecified atom stereocenters.